The Morgan fingerprint density at radius 3 is 2.82 bits per heavy atom. The van der Waals surface area contributed by atoms with Crippen molar-refractivity contribution >= 4 is 11.6 Å². The molecule has 0 saturated heterocycles. The standard InChI is InChI=1S/C23H26ClN3O/c1-22(2)14-28-13-15(12-25)11-23(3)19(22)9-8-18-20(27(4)26-21(18)23)16-6-5-7-17(24)10-16/h5-7,10-11,19H,8-9,13-14H2,1-4H3. The number of aromatic nitrogens is 2. The van der Waals surface area contributed by atoms with Gasteiger partial charge in [-0.05, 0) is 36.3 Å². The van der Waals surface area contributed by atoms with Crippen molar-refractivity contribution in [2.45, 2.75) is 39.0 Å². The van der Waals surface area contributed by atoms with Crippen LogP contribution in [0.5, 0.6) is 0 Å². The first kappa shape index (κ1) is 19.2. The highest BCUT2D eigenvalue weighted by molar-refractivity contribution is 6.30. The second-order valence-electron chi connectivity index (χ2n) is 8.95. The number of hydrogen-bond acceptors (Lipinski definition) is 3. The van der Waals surface area contributed by atoms with E-state index >= 15 is 0 Å². The number of rotatable bonds is 1. The summed E-state index contributed by atoms with van der Waals surface area (Å²) in [5.41, 5.74) is 4.95. The van der Waals surface area contributed by atoms with Crippen molar-refractivity contribution in [2.24, 2.45) is 18.4 Å². The number of aryl methyl sites for hydroxylation is 1. The summed E-state index contributed by atoms with van der Waals surface area (Å²) in [4.78, 5) is 0. The molecule has 2 unspecified atom stereocenters. The van der Waals surface area contributed by atoms with E-state index in [4.69, 9.17) is 21.4 Å². The van der Waals surface area contributed by atoms with Crippen LogP contribution in [-0.2, 0) is 23.6 Å². The number of nitriles is 1. The summed E-state index contributed by atoms with van der Waals surface area (Å²) in [6.07, 6.45) is 4.12. The molecule has 4 nitrogen and oxygen atoms in total. The molecule has 1 aliphatic heterocycles. The van der Waals surface area contributed by atoms with E-state index in [1.807, 2.05) is 29.9 Å². The van der Waals surface area contributed by atoms with E-state index in [0.29, 0.717) is 24.7 Å². The number of fused-ring (bicyclic) bond motifs is 3. The molecule has 5 heteroatoms. The van der Waals surface area contributed by atoms with Crippen LogP contribution < -0.4 is 0 Å². The second-order valence-corrected chi connectivity index (χ2v) is 9.38. The first-order valence-corrected chi connectivity index (χ1v) is 10.2. The third kappa shape index (κ3) is 2.98. The summed E-state index contributed by atoms with van der Waals surface area (Å²) in [6.45, 7) is 7.80. The van der Waals surface area contributed by atoms with Crippen molar-refractivity contribution in [3.63, 3.8) is 0 Å². The molecule has 1 aliphatic carbocycles. The molecule has 146 valence electrons. The van der Waals surface area contributed by atoms with Crippen molar-refractivity contribution in [1.29, 1.82) is 5.26 Å². The van der Waals surface area contributed by atoms with E-state index in [1.165, 1.54) is 5.56 Å². The Kier molecular flexibility index (Phi) is 4.64. The molecule has 2 aromatic rings. The summed E-state index contributed by atoms with van der Waals surface area (Å²) in [5.74, 6) is 0.346. The molecule has 0 radical (unpaired) electrons. The number of nitrogens with zero attached hydrogens (tertiary/aromatic N) is 3. The Balaban J connectivity index is 1.94. The molecule has 0 spiro atoms. The van der Waals surface area contributed by atoms with Crippen molar-refractivity contribution < 1.29 is 4.74 Å². The number of benzene rings is 1. The molecule has 28 heavy (non-hydrogen) atoms. The molecule has 1 aromatic heterocycles. The molecule has 2 heterocycles. The van der Waals surface area contributed by atoms with Gasteiger partial charge < -0.3 is 4.74 Å². The fourth-order valence-corrected chi connectivity index (χ4v) is 5.54. The lowest BCUT2D eigenvalue weighted by Crippen LogP contribution is -2.47. The van der Waals surface area contributed by atoms with Crippen molar-refractivity contribution in [2.75, 3.05) is 13.2 Å². The summed E-state index contributed by atoms with van der Waals surface area (Å²) in [6, 6.07) is 10.3. The summed E-state index contributed by atoms with van der Waals surface area (Å²) in [7, 11) is 2.00. The predicted octanol–water partition coefficient (Wildman–Crippen LogP) is 5.07. The van der Waals surface area contributed by atoms with Crippen LogP contribution in [-0.4, -0.2) is 23.0 Å². The highest BCUT2D eigenvalue weighted by Crippen LogP contribution is 2.52. The fraction of sp³-hybridized carbons (Fsp3) is 0.478. The molecule has 0 saturated carbocycles. The van der Waals surface area contributed by atoms with Gasteiger partial charge in [-0.25, -0.2) is 0 Å². The molecular weight excluding hydrogens is 370 g/mol. The first-order chi connectivity index (χ1) is 13.3. The van der Waals surface area contributed by atoms with Crippen LogP contribution in [0.25, 0.3) is 11.3 Å². The molecule has 0 bridgehead atoms. The van der Waals surface area contributed by atoms with Gasteiger partial charge in [0.2, 0.25) is 0 Å². The number of halogens is 1. The predicted molar refractivity (Wildman–Crippen MR) is 111 cm³/mol. The van der Waals surface area contributed by atoms with Crippen LogP contribution in [0.15, 0.2) is 35.9 Å². The van der Waals surface area contributed by atoms with Gasteiger partial charge in [0, 0.05) is 28.6 Å². The monoisotopic (exact) mass is 395 g/mol. The third-order valence-electron chi connectivity index (χ3n) is 6.45. The lowest BCUT2D eigenvalue weighted by atomic mass is 9.57. The average molecular weight is 396 g/mol. The molecular formula is C23H26ClN3O. The third-order valence-corrected chi connectivity index (χ3v) is 6.69. The highest BCUT2D eigenvalue weighted by Gasteiger charge is 2.50. The average Bonchev–Trinajstić information content (AvgIpc) is 2.97. The van der Waals surface area contributed by atoms with Crippen LogP contribution in [0.1, 0.15) is 38.4 Å². The quantitative estimate of drug-likeness (QED) is 0.677. The van der Waals surface area contributed by atoms with Gasteiger partial charge in [0.1, 0.15) is 0 Å². The van der Waals surface area contributed by atoms with Crippen LogP contribution in [0.4, 0.5) is 0 Å². The Morgan fingerprint density at radius 1 is 1.32 bits per heavy atom. The summed E-state index contributed by atoms with van der Waals surface area (Å²) >= 11 is 6.26. The van der Waals surface area contributed by atoms with Crippen LogP contribution in [0.2, 0.25) is 5.02 Å². The lowest BCUT2D eigenvalue weighted by Gasteiger charge is -2.48. The van der Waals surface area contributed by atoms with Crippen molar-refractivity contribution in [3.05, 3.63) is 52.2 Å². The molecule has 0 fully saturated rings. The summed E-state index contributed by atoms with van der Waals surface area (Å²) < 4.78 is 7.83. The van der Waals surface area contributed by atoms with Gasteiger partial charge >= 0.3 is 0 Å². The molecule has 4 rings (SSSR count). The zero-order chi connectivity index (χ0) is 20.1. The van der Waals surface area contributed by atoms with Gasteiger partial charge in [-0.2, -0.15) is 10.4 Å². The van der Waals surface area contributed by atoms with Gasteiger partial charge in [-0.3, -0.25) is 4.68 Å². The minimum atomic E-state index is -0.305. The maximum Gasteiger partial charge on any atom is 0.0968 e. The van der Waals surface area contributed by atoms with Crippen molar-refractivity contribution in [3.8, 4) is 17.3 Å². The number of ether oxygens (including phenoxy) is 1. The second kappa shape index (κ2) is 6.76. The largest absolute Gasteiger partial charge is 0.375 e. The van der Waals surface area contributed by atoms with Gasteiger partial charge in [-0.15, -0.1) is 0 Å². The smallest absolute Gasteiger partial charge is 0.0968 e. The Morgan fingerprint density at radius 2 is 2.11 bits per heavy atom. The fourth-order valence-electron chi connectivity index (χ4n) is 5.35. The minimum absolute atomic E-state index is 0.00232. The highest BCUT2D eigenvalue weighted by atomic mass is 35.5. The molecule has 1 aromatic carbocycles. The molecule has 0 amide bonds. The maximum absolute atomic E-state index is 9.62. The SMILES string of the molecule is Cn1nc2c(c1-c1cccc(Cl)c1)CCC1C(C)(C)COCC(C#N)=CC21C. The lowest BCUT2D eigenvalue weighted by molar-refractivity contribution is 0.00553. The first-order valence-electron chi connectivity index (χ1n) is 9.78. The van der Waals surface area contributed by atoms with E-state index in [2.05, 4.69) is 39.0 Å². The van der Waals surface area contributed by atoms with E-state index < -0.39 is 0 Å². The van der Waals surface area contributed by atoms with E-state index in [0.717, 1.165) is 34.8 Å². The normalized spacial score (nSPS) is 26.3. The Labute approximate surface area is 171 Å². The Hall–Kier alpha value is -2.09. The van der Waals surface area contributed by atoms with Crippen LogP contribution in [0.3, 0.4) is 0 Å². The van der Waals surface area contributed by atoms with E-state index in [9.17, 15) is 5.26 Å². The summed E-state index contributed by atoms with van der Waals surface area (Å²) in [5, 5.41) is 15.3. The molecule has 2 atom stereocenters. The minimum Gasteiger partial charge on any atom is -0.375 e. The van der Waals surface area contributed by atoms with Crippen molar-refractivity contribution in [1.82, 2.24) is 9.78 Å². The van der Waals surface area contributed by atoms with Gasteiger partial charge in [0.25, 0.3) is 0 Å². The van der Waals surface area contributed by atoms with E-state index in [1.54, 1.807) is 0 Å². The number of hydrogen-bond donors (Lipinski definition) is 0. The maximum atomic E-state index is 9.62. The van der Waals surface area contributed by atoms with Gasteiger partial charge in [0.15, 0.2) is 0 Å². The van der Waals surface area contributed by atoms with E-state index in [-0.39, 0.29) is 10.8 Å². The van der Waals surface area contributed by atoms with Crippen LogP contribution in [0, 0.1) is 22.7 Å². The zero-order valence-electron chi connectivity index (χ0n) is 16.9. The van der Waals surface area contributed by atoms with Crippen LogP contribution >= 0.6 is 11.6 Å². The molecule has 0 N–H and O–H groups in total. The molecule has 2 aliphatic rings. The van der Waals surface area contributed by atoms with Gasteiger partial charge in [-0.1, -0.05) is 50.6 Å². The topological polar surface area (TPSA) is 50.8 Å². The van der Waals surface area contributed by atoms with Gasteiger partial charge in [0.05, 0.1) is 36.2 Å². The zero-order valence-corrected chi connectivity index (χ0v) is 17.7. The Bertz CT molecular complexity index is 998. The number of allylic oxidation sites excluding steroid dienone is 1.